The molecule has 9 heteroatoms. The molecule has 0 spiro atoms. The van der Waals surface area contributed by atoms with Crippen molar-refractivity contribution in [2.24, 2.45) is 0 Å². The van der Waals surface area contributed by atoms with Crippen molar-refractivity contribution in [1.82, 2.24) is 5.32 Å². The van der Waals surface area contributed by atoms with E-state index < -0.39 is 9.84 Å². The van der Waals surface area contributed by atoms with E-state index in [-0.39, 0.29) is 18.3 Å². The minimum Gasteiger partial charge on any atom is -0.497 e. The van der Waals surface area contributed by atoms with Crippen LogP contribution in [0.4, 0.5) is 17.1 Å². The average Bonchev–Trinajstić information content (AvgIpc) is 2.87. The number of halogens is 1. The highest BCUT2D eigenvalue weighted by molar-refractivity contribution is 7.91. The molecule has 36 heavy (non-hydrogen) atoms. The van der Waals surface area contributed by atoms with Crippen molar-refractivity contribution >= 4 is 39.3 Å². The minimum atomic E-state index is -3.57. The number of piperazine rings is 1. The number of hydrogen-bond donors (Lipinski definition) is 2. The predicted molar refractivity (Wildman–Crippen MR) is 149 cm³/mol. The number of sulfone groups is 1. The summed E-state index contributed by atoms with van der Waals surface area (Å²) in [6.45, 7) is 5.49. The number of benzene rings is 3. The van der Waals surface area contributed by atoms with Gasteiger partial charge in [-0.2, -0.15) is 0 Å². The Kier molecular flexibility index (Phi) is 9.11. The SMILES string of the molecule is COc1cc(OC)cc(C(C)c2cc(N3CCNCC3)cc(Nc3ccccc3)c2S(C)(=O)=O)c1.Cl. The van der Waals surface area contributed by atoms with E-state index in [4.69, 9.17) is 9.47 Å². The van der Waals surface area contributed by atoms with Gasteiger partial charge in [-0.15, -0.1) is 12.4 Å². The molecule has 194 valence electrons. The maximum atomic E-state index is 13.2. The van der Waals surface area contributed by atoms with E-state index in [2.05, 4.69) is 15.5 Å². The Bertz CT molecular complexity index is 1260. The number of nitrogens with zero attached hydrogens (tertiary/aromatic N) is 1. The van der Waals surface area contributed by atoms with Gasteiger partial charge in [-0.1, -0.05) is 25.1 Å². The van der Waals surface area contributed by atoms with Gasteiger partial charge >= 0.3 is 0 Å². The third kappa shape index (κ3) is 6.24. The van der Waals surface area contributed by atoms with Crippen LogP contribution in [0.2, 0.25) is 0 Å². The molecule has 0 bridgehead atoms. The van der Waals surface area contributed by atoms with Gasteiger partial charge in [-0.05, 0) is 47.5 Å². The largest absolute Gasteiger partial charge is 0.497 e. The lowest BCUT2D eigenvalue weighted by atomic mass is 9.91. The van der Waals surface area contributed by atoms with Gasteiger partial charge in [0.05, 0.1) is 24.8 Å². The molecule has 0 amide bonds. The summed E-state index contributed by atoms with van der Waals surface area (Å²) in [5.74, 6) is 1.09. The number of rotatable bonds is 8. The van der Waals surface area contributed by atoms with Gasteiger partial charge in [-0.25, -0.2) is 8.42 Å². The maximum absolute atomic E-state index is 13.2. The molecule has 1 aliphatic heterocycles. The monoisotopic (exact) mass is 531 g/mol. The molecule has 0 aliphatic carbocycles. The molecule has 4 rings (SSSR count). The van der Waals surface area contributed by atoms with E-state index in [1.165, 1.54) is 6.26 Å². The Morgan fingerprint density at radius 2 is 1.56 bits per heavy atom. The van der Waals surface area contributed by atoms with Crippen LogP contribution in [-0.2, 0) is 9.84 Å². The third-order valence-corrected chi connectivity index (χ3v) is 7.55. The Hall–Kier alpha value is -2.94. The summed E-state index contributed by atoms with van der Waals surface area (Å²) >= 11 is 0. The van der Waals surface area contributed by atoms with Gasteiger partial charge in [0.2, 0.25) is 0 Å². The van der Waals surface area contributed by atoms with Crippen molar-refractivity contribution in [2.75, 3.05) is 56.9 Å². The average molecular weight is 532 g/mol. The molecule has 7 nitrogen and oxygen atoms in total. The second-order valence-corrected chi connectivity index (χ2v) is 10.7. The van der Waals surface area contributed by atoms with Crippen LogP contribution < -0.4 is 25.0 Å². The lowest BCUT2D eigenvalue weighted by molar-refractivity contribution is 0.393. The number of anilines is 3. The van der Waals surface area contributed by atoms with Gasteiger partial charge in [0.1, 0.15) is 11.5 Å². The first-order valence-electron chi connectivity index (χ1n) is 11.7. The van der Waals surface area contributed by atoms with Crippen LogP contribution in [0.3, 0.4) is 0 Å². The lowest BCUT2D eigenvalue weighted by Gasteiger charge is -2.31. The molecule has 3 aromatic rings. The summed E-state index contributed by atoms with van der Waals surface area (Å²) in [4.78, 5) is 2.59. The molecule has 1 aliphatic rings. The quantitative estimate of drug-likeness (QED) is 0.431. The van der Waals surface area contributed by atoms with Crippen LogP contribution in [0.1, 0.15) is 24.0 Å². The summed E-state index contributed by atoms with van der Waals surface area (Å²) in [7, 11) is -0.354. The summed E-state index contributed by atoms with van der Waals surface area (Å²) in [6, 6.07) is 19.3. The fraction of sp³-hybridized carbons (Fsp3) is 0.333. The molecule has 0 radical (unpaired) electrons. The molecule has 0 aromatic heterocycles. The van der Waals surface area contributed by atoms with Crippen LogP contribution in [0.25, 0.3) is 0 Å². The van der Waals surface area contributed by atoms with Crippen LogP contribution >= 0.6 is 12.4 Å². The van der Waals surface area contributed by atoms with E-state index in [9.17, 15) is 8.42 Å². The molecule has 0 saturated carbocycles. The van der Waals surface area contributed by atoms with Crippen LogP contribution in [0.5, 0.6) is 11.5 Å². The van der Waals surface area contributed by atoms with Gasteiger partial charge in [-0.3, -0.25) is 0 Å². The molecule has 1 unspecified atom stereocenters. The zero-order valence-electron chi connectivity index (χ0n) is 21.1. The van der Waals surface area contributed by atoms with Crippen molar-refractivity contribution in [3.8, 4) is 11.5 Å². The van der Waals surface area contributed by atoms with Crippen LogP contribution in [-0.4, -0.2) is 55.1 Å². The molecule has 3 aromatic carbocycles. The molecule has 1 atom stereocenters. The number of ether oxygens (including phenoxy) is 2. The number of nitrogens with one attached hydrogen (secondary N) is 2. The Morgan fingerprint density at radius 1 is 0.944 bits per heavy atom. The van der Waals surface area contributed by atoms with Gasteiger partial charge in [0.15, 0.2) is 9.84 Å². The third-order valence-electron chi connectivity index (χ3n) is 6.35. The highest BCUT2D eigenvalue weighted by Crippen LogP contribution is 2.40. The molecular weight excluding hydrogens is 498 g/mol. The highest BCUT2D eigenvalue weighted by Gasteiger charge is 2.26. The highest BCUT2D eigenvalue weighted by atomic mass is 35.5. The normalized spacial score (nSPS) is 14.5. The second kappa shape index (κ2) is 11.9. The fourth-order valence-electron chi connectivity index (χ4n) is 4.51. The summed E-state index contributed by atoms with van der Waals surface area (Å²) in [6.07, 6.45) is 1.27. The van der Waals surface area contributed by atoms with E-state index in [1.54, 1.807) is 14.2 Å². The van der Waals surface area contributed by atoms with E-state index in [1.807, 2.05) is 67.6 Å². The minimum absolute atomic E-state index is 0. The van der Waals surface area contributed by atoms with E-state index in [0.717, 1.165) is 48.7 Å². The second-order valence-electron chi connectivity index (χ2n) is 8.78. The number of para-hydroxylation sites is 1. The molecule has 2 N–H and O–H groups in total. The standard InChI is InChI=1S/C27H33N3O4S.ClH/c1-19(20-14-23(33-2)18-24(15-20)34-3)25-16-22(30-12-10-28-11-13-30)17-26(27(25)35(4,31)32)29-21-8-6-5-7-9-21;/h5-9,14-19,28-29H,10-13H2,1-4H3;1H. The first-order chi connectivity index (χ1) is 16.8. The van der Waals surface area contributed by atoms with Crippen LogP contribution in [0.15, 0.2) is 65.6 Å². The van der Waals surface area contributed by atoms with Crippen molar-refractivity contribution in [3.05, 3.63) is 71.8 Å². The summed E-state index contributed by atoms with van der Waals surface area (Å²) in [5, 5.41) is 6.76. The molecular formula is C27H34ClN3O4S. The predicted octanol–water partition coefficient (Wildman–Crippen LogP) is 4.83. The van der Waals surface area contributed by atoms with Crippen molar-refractivity contribution in [2.45, 2.75) is 17.7 Å². The molecule has 1 heterocycles. The lowest BCUT2D eigenvalue weighted by Crippen LogP contribution is -2.43. The van der Waals surface area contributed by atoms with E-state index >= 15 is 0 Å². The molecule has 1 fully saturated rings. The van der Waals surface area contributed by atoms with Gasteiger partial charge in [0, 0.05) is 55.8 Å². The van der Waals surface area contributed by atoms with Gasteiger partial charge < -0.3 is 25.0 Å². The van der Waals surface area contributed by atoms with E-state index in [0.29, 0.717) is 22.1 Å². The number of methoxy groups -OCH3 is 2. The Morgan fingerprint density at radius 3 is 2.11 bits per heavy atom. The maximum Gasteiger partial charge on any atom is 0.177 e. The Balaban J connectivity index is 0.00000361. The van der Waals surface area contributed by atoms with Gasteiger partial charge in [0.25, 0.3) is 0 Å². The summed E-state index contributed by atoms with van der Waals surface area (Å²) in [5.41, 5.74) is 4.04. The first kappa shape index (κ1) is 27.6. The zero-order valence-corrected chi connectivity index (χ0v) is 22.7. The fourth-order valence-corrected chi connectivity index (χ4v) is 5.68. The van der Waals surface area contributed by atoms with Crippen molar-refractivity contribution in [3.63, 3.8) is 0 Å². The topological polar surface area (TPSA) is 79.9 Å². The number of hydrogen-bond acceptors (Lipinski definition) is 7. The van der Waals surface area contributed by atoms with Crippen molar-refractivity contribution < 1.29 is 17.9 Å². The first-order valence-corrected chi connectivity index (χ1v) is 13.6. The Labute approximate surface area is 220 Å². The smallest absolute Gasteiger partial charge is 0.177 e. The molecule has 1 saturated heterocycles. The summed E-state index contributed by atoms with van der Waals surface area (Å²) < 4.78 is 37.4. The van der Waals surface area contributed by atoms with Crippen molar-refractivity contribution in [1.29, 1.82) is 0 Å². The zero-order chi connectivity index (χ0) is 25.0. The van der Waals surface area contributed by atoms with Crippen LogP contribution in [0, 0.1) is 0 Å².